The minimum atomic E-state index is -0.140. The van der Waals surface area contributed by atoms with E-state index in [0.717, 1.165) is 12.1 Å². The van der Waals surface area contributed by atoms with Crippen molar-refractivity contribution < 1.29 is 4.79 Å². The van der Waals surface area contributed by atoms with Crippen LogP contribution < -0.4 is 16.0 Å². The number of aliphatic imine (C=N–C) groups is 1. The van der Waals surface area contributed by atoms with Gasteiger partial charge in [0.1, 0.15) is 0 Å². The molecule has 0 heterocycles. The maximum absolute atomic E-state index is 11.2. The molecular weight excluding hydrogens is 360 g/mol. The van der Waals surface area contributed by atoms with Gasteiger partial charge in [0, 0.05) is 49.2 Å². The average molecular weight is 387 g/mol. The Morgan fingerprint density at radius 3 is 2.81 bits per heavy atom. The Labute approximate surface area is 166 Å². The number of nitrogens with zero attached hydrogens (tertiary/aromatic N) is 2. The van der Waals surface area contributed by atoms with Crippen LogP contribution in [0.25, 0.3) is 0 Å². The molecule has 1 rings (SSSR count). The predicted molar refractivity (Wildman–Crippen MR) is 117 cm³/mol. The van der Waals surface area contributed by atoms with Crippen molar-refractivity contribution in [3.05, 3.63) is 67.2 Å². The number of anilines is 2. The molecule has 1 aromatic rings. The highest BCUT2D eigenvalue weighted by molar-refractivity contribution is 6.18. The van der Waals surface area contributed by atoms with Crippen LogP contribution >= 0.6 is 11.6 Å². The zero-order valence-corrected chi connectivity index (χ0v) is 16.6. The molecule has 6 heteroatoms. The van der Waals surface area contributed by atoms with Gasteiger partial charge in [-0.3, -0.25) is 9.79 Å². The van der Waals surface area contributed by atoms with Crippen LogP contribution in [0.15, 0.2) is 72.2 Å². The SMILES string of the molecule is C=CN(/C=C\CC)c1ccc(N)c(N=CC/C=C(\C=C/CCl)NC(C)=O)c1. The molecule has 144 valence electrons. The minimum absolute atomic E-state index is 0.140. The molecule has 0 saturated heterocycles. The second-order valence-electron chi connectivity index (χ2n) is 5.57. The standard InChI is InChI=1S/C21H27ClN4O/c1-4-6-15-26(5-2)19-11-12-20(23)21(16-19)24-14-8-10-18(9-7-13-22)25-17(3)27/h5-7,9-12,14-16H,2,4,8,13,23H2,1,3H3,(H,25,27)/b9-7-,15-6-,18-10+,24-14?. The number of alkyl halides is 1. The van der Waals surface area contributed by atoms with Crippen LogP contribution in [0.1, 0.15) is 26.7 Å². The van der Waals surface area contributed by atoms with E-state index in [1.54, 1.807) is 24.6 Å². The first-order valence-corrected chi connectivity index (χ1v) is 9.25. The minimum Gasteiger partial charge on any atom is -0.397 e. The number of halogens is 1. The Balaban J connectivity index is 2.93. The summed E-state index contributed by atoms with van der Waals surface area (Å²) in [6, 6.07) is 5.64. The number of carbonyl (C=O) groups excluding carboxylic acids is 1. The monoisotopic (exact) mass is 386 g/mol. The van der Waals surface area contributed by atoms with Crippen molar-refractivity contribution in [3.8, 4) is 0 Å². The largest absolute Gasteiger partial charge is 0.397 e. The number of nitrogens with one attached hydrogen (secondary N) is 1. The highest BCUT2D eigenvalue weighted by Gasteiger charge is 2.03. The number of amides is 1. The van der Waals surface area contributed by atoms with Crippen LogP contribution in [0, 0.1) is 0 Å². The quantitative estimate of drug-likeness (QED) is 0.256. The average Bonchev–Trinajstić information content (AvgIpc) is 2.65. The summed E-state index contributed by atoms with van der Waals surface area (Å²) >= 11 is 5.64. The van der Waals surface area contributed by atoms with Crippen molar-refractivity contribution in [2.24, 2.45) is 4.99 Å². The van der Waals surface area contributed by atoms with Gasteiger partial charge in [0.25, 0.3) is 0 Å². The van der Waals surface area contributed by atoms with Gasteiger partial charge >= 0.3 is 0 Å². The molecule has 0 aliphatic carbocycles. The molecule has 0 unspecified atom stereocenters. The summed E-state index contributed by atoms with van der Waals surface area (Å²) in [5.74, 6) is 0.236. The number of rotatable bonds is 10. The van der Waals surface area contributed by atoms with E-state index in [2.05, 4.69) is 23.8 Å². The Bertz CT molecular complexity index is 751. The zero-order valence-electron chi connectivity index (χ0n) is 15.9. The first-order valence-electron chi connectivity index (χ1n) is 8.71. The van der Waals surface area contributed by atoms with Crippen LogP contribution in [-0.4, -0.2) is 18.0 Å². The van der Waals surface area contributed by atoms with E-state index in [0.29, 0.717) is 29.4 Å². The molecule has 0 fully saturated rings. The van der Waals surface area contributed by atoms with Crippen molar-refractivity contribution in [1.82, 2.24) is 5.32 Å². The summed E-state index contributed by atoms with van der Waals surface area (Å²) in [5, 5.41) is 2.74. The fraction of sp³-hybridized carbons (Fsp3) is 0.238. The summed E-state index contributed by atoms with van der Waals surface area (Å²) in [6.45, 7) is 7.36. The fourth-order valence-corrected chi connectivity index (χ4v) is 2.23. The van der Waals surface area contributed by atoms with Gasteiger partial charge in [-0.05, 0) is 30.7 Å². The lowest BCUT2D eigenvalue weighted by molar-refractivity contribution is -0.118. The first-order chi connectivity index (χ1) is 13.0. The number of allylic oxidation sites excluding steroid dienone is 4. The Morgan fingerprint density at radius 1 is 1.41 bits per heavy atom. The van der Waals surface area contributed by atoms with E-state index in [-0.39, 0.29) is 5.91 Å². The number of hydrogen-bond acceptors (Lipinski definition) is 4. The van der Waals surface area contributed by atoms with Crippen molar-refractivity contribution in [2.45, 2.75) is 26.7 Å². The zero-order chi connectivity index (χ0) is 20.1. The number of carbonyl (C=O) groups is 1. The van der Waals surface area contributed by atoms with Crippen molar-refractivity contribution in [1.29, 1.82) is 0 Å². The van der Waals surface area contributed by atoms with Crippen LogP contribution in [0.5, 0.6) is 0 Å². The summed E-state index contributed by atoms with van der Waals surface area (Å²) in [5.41, 5.74) is 8.90. The van der Waals surface area contributed by atoms with E-state index in [9.17, 15) is 4.79 Å². The molecule has 0 aliphatic rings. The van der Waals surface area contributed by atoms with Gasteiger partial charge in [-0.2, -0.15) is 0 Å². The Kier molecular flexibility index (Phi) is 10.3. The third kappa shape index (κ3) is 8.42. The van der Waals surface area contributed by atoms with Crippen LogP contribution in [0.3, 0.4) is 0 Å². The molecule has 1 aromatic carbocycles. The molecular formula is C21H27ClN4O. The van der Waals surface area contributed by atoms with Crippen LogP contribution in [-0.2, 0) is 4.79 Å². The second kappa shape index (κ2) is 12.5. The second-order valence-corrected chi connectivity index (χ2v) is 5.88. The first kappa shape index (κ1) is 22.3. The Hall–Kier alpha value is -2.79. The van der Waals surface area contributed by atoms with E-state index in [1.165, 1.54) is 6.92 Å². The molecule has 0 spiro atoms. The topological polar surface area (TPSA) is 70.7 Å². The van der Waals surface area contributed by atoms with Gasteiger partial charge in [-0.1, -0.05) is 31.7 Å². The van der Waals surface area contributed by atoms with Gasteiger partial charge in [0.15, 0.2) is 0 Å². The summed E-state index contributed by atoms with van der Waals surface area (Å²) in [7, 11) is 0. The van der Waals surface area contributed by atoms with E-state index < -0.39 is 0 Å². The Morgan fingerprint density at radius 2 is 2.19 bits per heavy atom. The molecule has 27 heavy (non-hydrogen) atoms. The van der Waals surface area contributed by atoms with Crippen LogP contribution in [0.2, 0.25) is 0 Å². The van der Waals surface area contributed by atoms with E-state index >= 15 is 0 Å². The lowest BCUT2D eigenvalue weighted by atomic mass is 10.2. The van der Waals surface area contributed by atoms with Gasteiger partial charge in [0.05, 0.1) is 11.4 Å². The summed E-state index contributed by atoms with van der Waals surface area (Å²) in [4.78, 5) is 17.6. The van der Waals surface area contributed by atoms with E-state index in [1.807, 2.05) is 41.5 Å². The smallest absolute Gasteiger partial charge is 0.221 e. The molecule has 1 amide bonds. The van der Waals surface area contributed by atoms with Crippen LogP contribution in [0.4, 0.5) is 17.1 Å². The normalized spacial score (nSPS) is 12.2. The lowest BCUT2D eigenvalue weighted by Gasteiger charge is -2.16. The number of hydrogen-bond donors (Lipinski definition) is 2. The third-order valence-corrected chi connectivity index (χ3v) is 3.57. The maximum Gasteiger partial charge on any atom is 0.221 e. The maximum atomic E-state index is 11.2. The highest BCUT2D eigenvalue weighted by Crippen LogP contribution is 2.28. The molecule has 0 saturated carbocycles. The molecule has 5 nitrogen and oxygen atoms in total. The highest BCUT2D eigenvalue weighted by atomic mass is 35.5. The molecule has 0 atom stereocenters. The molecule has 0 bridgehead atoms. The van der Waals surface area contributed by atoms with Crippen molar-refractivity contribution in [2.75, 3.05) is 16.5 Å². The van der Waals surface area contributed by atoms with Gasteiger partial charge < -0.3 is 16.0 Å². The molecule has 3 N–H and O–H groups in total. The number of benzene rings is 1. The molecule has 0 radical (unpaired) electrons. The fourth-order valence-electron chi connectivity index (χ4n) is 2.14. The number of nitrogens with two attached hydrogens (primary N) is 1. The summed E-state index contributed by atoms with van der Waals surface area (Å²) < 4.78 is 0. The van der Waals surface area contributed by atoms with Gasteiger partial charge in [-0.15, -0.1) is 11.6 Å². The molecule has 0 aliphatic heterocycles. The summed E-state index contributed by atoms with van der Waals surface area (Å²) in [6.07, 6.45) is 14.3. The van der Waals surface area contributed by atoms with Crippen molar-refractivity contribution >= 4 is 40.8 Å². The van der Waals surface area contributed by atoms with Gasteiger partial charge in [0.2, 0.25) is 5.91 Å². The molecule has 0 aromatic heterocycles. The van der Waals surface area contributed by atoms with Crippen molar-refractivity contribution in [3.63, 3.8) is 0 Å². The van der Waals surface area contributed by atoms with Gasteiger partial charge in [-0.25, -0.2) is 0 Å². The van der Waals surface area contributed by atoms with E-state index in [4.69, 9.17) is 17.3 Å². The lowest BCUT2D eigenvalue weighted by Crippen LogP contribution is -2.17. The predicted octanol–water partition coefficient (Wildman–Crippen LogP) is 5.05. The number of nitrogen functional groups attached to an aromatic ring is 1. The third-order valence-electron chi connectivity index (χ3n) is 3.39.